The van der Waals surface area contributed by atoms with Crippen LogP contribution in [-0.4, -0.2) is 43.4 Å². The first-order valence-electron chi connectivity index (χ1n) is 7.86. The molecule has 4 rings (SSSR count). The van der Waals surface area contributed by atoms with E-state index in [9.17, 15) is 0 Å². The molecule has 1 saturated carbocycles. The fourth-order valence-electron chi connectivity index (χ4n) is 3.46. The zero-order chi connectivity index (χ0) is 13.4. The summed E-state index contributed by atoms with van der Waals surface area (Å²) in [5.74, 6) is 0.853. The molecule has 3 heteroatoms. The summed E-state index contributed by atoms with van der Waals surface area (Å²) in [5, 5.41) is 0. The molecule has 1 unspecified atom stereocenters. The van der Waals surface area contributed by atoms with Crippen molar-refractivity contribution in [3.05, 3.63) is 35.4 Å². The monoisotopic (exact) mass is 273 g/mol. The quantitative estimate of drug-likeness (QED) is 0.845. The van der Waals surface area contributed by atoms with Gasteiger partial charge in [0.05, 0.1) is 13.2 Å². The first-order chi connectivity index (χ1) is 9.83. The minimum absolute atomic E-state index is 0.0216. The van der Waals surface area contributed by atoms with Crippen molar-refractivity contribution >= 4 is 0 Å². The SMILES string of the molecule is c1cc(C2CC2)ccc1CN1CCOC2(CCOC2)C1. The number of hydrogen-bond donors (Lipinski definition) is 0. The maximum Gasteiger partial charge on any atom is 0.106 e. The molecule has 0 amide bonds. The van der Waals surface area contributed by atoms with Crippen molar-refractivity contribution in [3.63, 3.8) is 0 Å². The van der Waals surface area contributed by atoms with Crippen molar-refractivity contribution in [2.24, 2.45) is 0 Å². The molecule has 1 spiro atoms. The van der Waals surface area contributed by atoms with Crippen LogP contribution in [0, 0.1) is 0 Å². The van der Waals surface area contributed by atoms with E-state index in [0.29, 0.717) is 0 Å². The summed E-state index contributed by atoms with van der Waals surface area (Å²) in [5.41, 5.74) is 2.92. The Balaban J connectivity index is 1.40. The molecule has 3 fully saturated rings. The van der Waals surface area contributed by atoms with E-state index in [1.807, 2.05) is 0 Å². The Bertz CT molecular complexity index is 460. The van der Waals surface area contributed by atoms with Crippen molar-refractivity contribution in [2.45, 2.75) is 37.3 Å². The Morgan fingerprint density at radius 3 is 2.70 bits per heavy atom. The highest BCUT2D eigenvalue weighted by Crippen LogP contribution is 2.40. The average Bonchev–Trinajstić information content (AvgIpc) is 3.23. The normalized spacial score (nSPS) is 31.0. The van der Waals surface area contributed by atoms with E-state index in [1.165, 1.54) is 24.0 Å². The van der Waals surface area contributed by atoms with Gasteiger partial charge >= 0.3 is 0 Å². The van der Waals surface area contributed by atoms with Crippen LogP contribution in [-0.2, 0) is 16.0 Å². The fraction of sp³-hybridized carbons (Fsp3) is 0.647. The zero-order valence-electron chi connectivity index (χ0n) is 12.0. The highest BCUT2D eigenvalue weighted by molar-refractivity contribution is 5.28. The van der Waals surface area contributed by atoms with Gasteiger partial charge in [0.15, 0.2) is 0 Å². The largest absolute Gasteiger partial charge is 0.378 e. The molecule has 0 N–H and O–H groups in total. The van der Waals surface area contributed by atoms with Crippen LogP contribution in [0.15, 0.2) is 24.3 Å². The Morgan fingerprint density at radius 2 is 2.00 bits per heavy atom. The Morgan fingerprint density at radius 1 is 1.15 bits per heavy atom. The number of morpholine rings is 1. The van der Waals surface area contributed by atoms with Gasteiger partial charge in [0.2, 0.25) is 0 Å². The molecule has 1 atom stereocenters. The van der Waals surface area contributed by atoms with Gasteiger partial charge < -0.3 is 9.47 Å². The molecule has 3 aliphatic rings. The van der Waals surface area contributed by atoms with E-state index < -0.39 is 0 Å². The van der Waals surface area contributed by atoms with E-state index in [0.717, 1.165) is 51.8 Å². The minimum atomic E-state index is -0.0216. The van der Waals surface area contributed by atoms with Crippen LogP contribution in [0.2, 0.25) is 0 Å². The number of nitrogens with zero attached hydrogens (tertiary/aromatic N) is 1. The number of rotatable bonds is 3. The van der Waals surface area contributed by atoms with Crippen LogP contribution >= 0.6 is 0 Å². The van der Waals surface area contributed by atoms with Crippen molar-refractivity contribution < 1.29 is 9.47 Å². The second kappa shape index (κ2) is 5.14. The minimum Gasteiger partial charge on any atom is -0.378 e. The van der Waals surface area contributed by atoms with Gasteiger partial charge in [-0.15, -0.1) is 0 Å². The second-order valence-electron chi connectivity index (χ2n) is 6.56. The van der Waals surface area contributed by atoms with Crippen molar-refractivity contribution in [1.29, 1.82) is 0 Å². The molecule has 1 aromatic carbocycles. The third-order valence-electron chi connectivity index (χ3n) is 4.83. The third-order valence-corrected chi connectivity index (χ3v) is 4.83. The van der Waals surface area contributed by atoms with Gasteiger partial charge in [0.1, 0.15) is 5.60 Å². The molecule has 20 heavy (non-hydrogen) atoms. The summed E-state index contributed by atoms with van der Waals surface area (Å²) in [6.07, 6.45) is 3.81. The predicted molar refractivity (Wildman–Crippen MR) is 77.8 cm³/mol. The van der Waals surface area contributed by atoms with Crippen LogP contribution in [0.1, 0.15) is 36.3 Å². The molecule has 3 nitrogen and oxygen atoms in total. The van der Waals surface area contributed by atoms with Crippen molar-refractivity contribution in [2.75, 3.05) is 32.9 Å². The van der Waals surface area contributed by atoms with Gasteiger partial charge in [-0.3, -0.25) is 4.90 Å². The topological polar surface area (TPSA) is 21.7 Å². The van der Waals surface area contributed by atoms with E-state index in [2.05, 4.69) is 29.2 Å². The molecular weight excluding hydrogens is 250 g/mol. The molecule has 0 aromatic heterocycles. The number of benzene rings is 1. The molecule has 0 radical (unpaired) electrons. The number of hydrogen-bond acceptors (Lipinski definition) is 3. The average molecular weight is 273 g/mol. The Labute approximate surface area is 120 Å². The second-order valence-corrected chi connectivity index (χ2v) is 6.56. The van der Waals surface area contributed by atoms with Crippen molar-refractivity contribution in [1.82, 2.24) is 4.90 Å². The summed E-state index contributed by atoms with van der Waals surface area (Å²) < 4.78 is 11.5. The highest BCUT2D eigenvalue weighted by atomic mass is 16.6. The molecule has 2 aliphatic heterocycles. The predicted octanol–water partition coefficient (Wildman–Crippen LogP) is 2.56. The smallest absolute Gasteiger partial charge is 0.106 e. The van der Waals surface area contributed by atoms with Crippen LogP contribution in [0.25, 0.3) is 0 Å². The summed E-state index contributed by atoms with van der Waals surface area (Å²) in [7, 11) is 0. The van der Waals surface area contributed by atoms with E-state index in [-0.39, 0.29) is 5.60 Å². The fourth-order valence-corrected chi connectivity index (χ4v) is 3.46. The first-order valence-corrected chi connectivity index (χ1v) is 7.86. The van der Waals surface area contributed by atoms with Crippen LogP contribution in [0.4, 0.5) is 0 Å². The van der Waals surface area contributed by atoms with Gasteiger partial charge in [-0.2, -0.15) is 0 Å². The first kappa shape index (κ1) is 12.8. The maximum absolute atomic E-state index is 5.99. The zero-order valence-corrected chi connectivity index (χ0v) is 12.0. The molecule has 108 valence electrons. The molecule has 2 heterocycles. The lowest BCUT2D eigenvalue weighted by atomic mass is 10.00. The van der Waals surface area contributed by atoms with Gasteiger partial charge in [-0.25, -0.2) is 0 Å². The van der Waals surface area contributed by atoms with E-state index in [4.69, 9.17) is 9.47 Å². The molecule has 2 saturated heterocycles. The lowest BCUT2D eigenvalue weighted by molar-refractivity contribution is -0.111. The third kappa shape index (κ3) is 2.62. The highest BCUT2D eigenvalue weighted by Gasteiger charge is 2.40. The summed E-state index contributed by atoms with van der Waals surface area (Å²) in [6.45, 7) is 5.54. The molecule has 1 aliphatic carbocycles. The lowest BCUT2D eigenvalue weighted by Gasteiger charge is -2.39. The summed E-state index contributed by atoms with van der Waals surface area (Å²) >= 11 is 0. The van der Waals surface area contributed by atoms with E-state index >= 15 is 0 Å². The maximum atomic E-state index is 5.99. The lowest BCUT2D eigenvalue weighted by Crippen LogP contribution is -2.51. The molecule has 0 bridgehead atoms. The van der Waals surface area contributed by atoms with Crippen LogP contribution in [0.3, 0.4) is 0 Å². The van der Waals surface area contributed by atoms with E-state index in [1.54, 1.807) is 0 Å². The summed E-state index contributed by atoms with van der Waals surface area (Å²) in [6, 6.07) is 9.26. The van der Waals surface area contributed by atoms with Gasteiger partial charge in [0.25, 0.3) is 0 Å². The van der Waals surface area contributed by atoms with Gasteiger partial charge in [-0.05, 0) is 29.9 Å². The Kier molecular flexibility index (Phi) is 3.29. The van der Waals surface area contributed by atoms with Crippen LogP contribution in [0.5, 0.6) is 0 Å². The number of ether oxygens (including phenoxy) is 2. The van der Waals surface area contributed by atoms with Gasteiger partial charge in [-0.1, -0.05) is 24.3 Å². The van der Waals surface area contributed by atoms with Gasteiger partial charge in [0, 0.05) is 32.7 Å². The van der Waals surface area contributed by atoms with Crippen molar-refractivity contribution in [3.8, 4) is 0 Å². The molecule has 1 aromatic rings. The molecular formula is C17H23NO2. The Hall–Kier alpha value is -0.900. The van der Waals surface area contributed by atoms with Crippen LogP contribution < -0.4 is 0 Å². The standard InChI is InChI=1S/C17H23NO2/c1-3-15(16-5-6-16)4-2-14(1)11-18-8-10-20-17(12-18)7-9-19-13-17/h1-4,16H,5-13H2. The summed E-state index contributed by atoms with van der Waals surface area (Å²) in [4.78, 5) is 2.52.